The summed E-state index contributed by atoms with van der Waals surface area (Å²) >= 11 is 0. The molecule has 2 rings (SSSR count). The number of amides is 1. The number of nitrogens with one attached hydrogen (secondary N) is 1. The predicted octanol–water partition coefficient (Wildman–Crippen LogP) is 3.16. The predicted molar refractivity (Wildman–Crippen MR) is 75.5 cm³/mol. The minimum absolute atomic E-state index is 0.136. The maximum atomic E-state index is 12.2. The highest BCUT2D eigenvalue weighted by Crippen LogP contribution is 2.20. The van der Waals surface area contributed by atoms with Crippen molar-refractivity contribution in [2.45, 2.75) is 26.8 Å². The van der Waals surface area contributed by atoms with E-state index in [4.69, 9.17) is 0 Å². The van der Waals surface area contributed by atoms with Crippen LogP contribution in [-0.2, 0) is 6.54 Å². The summed E-state index contributed by atoms with van der Waals surface area (Å²) < 4.78 is 1.93. The highest BCUT2D eigenvalue weighted by atomic mass is 16.3. The van der Waals surface area contributed by atoms with Gasteiger partial charge in [0.2, 0.25) is 0 Å². The van der Waals surface area contributed by atoms with Crippen molar-refractivity contribution in [2.24, 2.45) is 0 Å². The largest absolute Gasteiger partial charge is 0.508 e. The summed E-state index contributed by atoms with van der Waals surface area (Å²) in [6.45, 7) is 4.69. The van der Waals surface area contributed by atoms with Crippen LogP contribution in [0.4, 0.5) is 5.69 Å². The molecule has 0 aliphatic rings. The lowest BCUT2D eigenvalue weighted by molar-refractivity contribution is 0.101. The third-order valence-electron chi connectivity index (χ3n) is 2.98. The van der Waals surface area contributed by atoms with Gasteiger partial charge in [-0.15, -0.1) is 0 Å². The zero-order chi connectivity index (χ0) is 13.8. The number of carbonyl (C=O) groups excluding carboxylic acids is 1. The van der Waals surface area contributed by atoms with E-state index in [0.717, 1.165) is 18.5 Å². The minimum Gasteiger partial charge on any atom is -0.508 e. The van der Waals surface area contributed by atoms with Crippen LogP contribution in [0.2, 0.25) is 0 Å². The van der Waals surface area contributed by atoms with Crippen molar-refractivity contribution in [1.82, 2.24) is 4.57 Å². The summed E-state index contributed by atoms with van der Waals surface area (Å²) in [5.41, 5.74) is 2.07. The first-order valence-electron chi connectivity index (χ1n) is 6.38. The second kappa shape index (κ2) is 5.61. The van der Waals surface area contributed by atoms with Crippen molar-refractivity contribution in [3.05, 3.63) is 47.8 Å². The maximum Gasteiger partial charge on any atom is 0.272 e. The lowest BCUT2D eigenvalue weighted by atomic mass is 10.2. The summed E-state index contributed by atoms with van der Waals surface area (Å²) in [5.74, 6) is 0.0934. The number of hydrogen-bond acceptors (Lipinski definition) is 2. The molecule has 19 heavy (non-hydrogen) atoms. The first-order valence-corrected chi connectivity index (χ1v) is 6.38. The Morgan fingerprint density at radius 3 is 2.84 bits per heavy atom. The van der Waals surface area contributed by atoms with Gasteiger partial charge >= 0.3 is 0 Å². The Hall–Kier alpha value is -2.23. The standard InChI is InChI=1S/C15H18N2O2/c1-3-8-17-9-4-5-13(17)15(19)16-12-6-7-14(18)11(2)10-12/h4-7,9-10,18H,3,8H2,1-2H3,(H,16,19). The van der Waals surface area contributed by atoms with Gasteiger partial charge in [0.25, 0.3) is 5.91 Å². The molecule has 1 amide bonds. The molecule has 100 valence electrons. The first-order chi connectivity index (χ1) is 9.11. The molecule has 0 unspecified atom stereocenters. The number of benzene rings is 1. The van der Waals surface area contributed by atoms with E-state index < -0.39 is 0 Å². The van der Waals surface area contributed by atoms with Crippen LogP contribution in [0.25, 0.3) is 0 Å². The van der Waals surface area contributed by atoms with Crippen LogP contribution in [0.1, 0.15) is 29.4 Å². The van der Waals surface area contributed by atoms with Crippen LogP contribution in [-0.4, -0.2) is 15.6 Å². The van der Waals surface area contributed by atoms with Crippen LogP contribution < -0.4 is 5.32 Å². The van der Waals surface area contributed by atoms with Crippen LogP contribution in [0, 0.1) is 6.92 Å². The lowest BCUT2D eigenvalue weighted by Gasteiger charge is -2.09. The summed E-state index contributed by atoms with van der Waals surface area (Å²) in [5, 5.41) is 12.3. The molecular formula is C15H18N2O2. The number of aryl methyl sites for hydroxylation is 2. The quantitative estimate of drug-likeness (QED) is 0.828. The molecule has 4 nitrogen and oxygen atoms in total. The normalized spacial score (nSPS) is 10.4. The Labute approximate surface area is 112 Å². The number of nitrogens with zero attached hydrogens (tertiary/aromatic N) is 1. The molecule has 0 saturated carbocycles. The van der Waals surface area contributed by atoms with Gasteiger partial charge < -0.3 is 15.0 Å². The van der Waals surface area contributed by atoms with Gasteiger partial charge in [-0.05, 0) is 49.2 Å². The van der Waals surface area contributed by atoms with E-state index in [2.05, 4.69) is 12.2 Å². The third-order valence-corrected chi connectivity index (χ3v) is 2.98. The lowest BCUT2D eigenvalue weighted by Crippen LogP contribution is -2.16. The van der Waals surface area contributed by atoms with Crippen molar-refractivity contribution in [3.63, 3.8) is 0 Å². The number of aromatic hydroxyl groups is 1. The average molecular weight is 258 g/mol. The monoisotopic (exact) mass is 258 g/mol. The molecule has 2 aromatic rings. The van der Waals surface area contributed by atoms with Crippen molar-refractivity contribution in [1.29, 1.82) is 0 Å². The Bertz CT molecular complexity index is 588. The Morgan fingerprint density at radius 1 is 1.37 bits per heavy atom. The van der Waals surface area contributed by atoms with Gasteiger partial charge in [-0.3, -0.25) is 4.79 Å². The molecule has 0 atom stereocenters. The van der Waals surface area contributed by atoms with Gasteiger partial charge in [0.05, 0.1) is 0 Å². The number of phenolic OH excluding ortho intramolecular Hbond substituents is 1. The van der Waals surface area contributed by atoms with E-state index in [1.807, 2.05) is 16.8 Å². The third kappa shape index (κ3) is 2.96. The highest BCUT2D eigenvalue weighted by molar-refractivity contribution is 6.03. The summed E-state index contributed by atoms with van der Waals surface area (Å²) in [4.78, 5) is 12.2. The van der Waals surface area contributed by atoms with E-state index in [-0.39, 0.29) is 11.7 Å². The Balaban J connectivity index is 2.16. The molecule has 0 spiro atoms. The molecule has 1 heterocycles. The Kier molecular flexibility index (Phi) is 3.90. The van der Waals surface area contributed by atoms with Crippen molar-refractivity contribution < 1.29 is 9.90 Å². The number of rotatable bonds is 4. The first kappa shape index (κ1) is 13.2. The summed E-state index contributed by atoms with van der Waals surface area (Å²) in [7, 11) is 0. The number of anilines is 1. The van der Waals surface area contributed by atoms with Crippen molar-refractivity contribution in [3.8, 4) is 5.75 Å². The van der Waals surface area contributed by atoms with Gasteiger partial charge in [-0.1, -0.05) is 6.92 Å². The zero-order valence-electron chi connectivity index (χ0n) is 11.2. The van der Waals surface area contributed by atoms with Crippen LogP contribution >= 0.6 is 0 Å². The van der Waals surface area contributed by atoms with E-state index in [1.165, 1.54) is 0 Å². The van der Waals surface area contributed by atoms with Crippen molar-refractivity contribution in [2.75, 3.05) is 5.32 Å². The summed E-state index contributed by atoms with van der Waals surface area (Å²) in [6.07, 6.45) is 2.88. The number of aromatic nitrogens is 1. The van der Waals surface area contributed by atoms with Crippen molar-refractivity contribution >= 4 is 11.6 Å². The molecule has 1 aromatic carbocycles. The molecule has 4 heteroatoms. The molecule has 0 bridgehead atoms. The van der Waals surface area contributed by atoms with Gasteiger partial charge in [0.15, 0.2) is 0 Å². The van der Waals surface area contributed by atoms with Gasteiger partial charge in [-0.2, -0.15) is 0 Å². The fourth-order valence-electron chi connectivity index (χ4n) is 1.98. The fourth-order valence-corrected chi connectivity index (χ4v) is 1.98. The number of hydrogen-bond donors (Lipinski definition) is 2. The molecule has 0 aliphatic heterocycles. The zero-order valence-corrected chi connectivity index (χ0v) is 11.2. The smallest absolute Gasteiger partial charge is 0.272 e. The fraction of sp³-hybridized carbons (Fsp3) is 0.267. The van der Waals surface area contributed by atoms with Gasteiger partial charge in [0.1, 0.15) is 11.4 Å². The molecule has 0 saturated heterocycles. The number of carbonyl (C=O) groups is 1. The van der Waals surface area contributed by atoms with Crippen LogP contribution in [0.15, 0.2) is 36.5 Å². The van der Waals surface area contributed by atoms with E-state index >= 15 is 0 Å². The summed E-state index contributed by atoms with van der Waals surface area (Å²) in [6, 6.07) is 8.69. The highest BCUT2D eigenvalue weighted by Gasteiger charge is 2.11. The van der Waals surface area contributed by atoms with Crippen LogP contribution in [0.3, 0.4) is 0 Å². The molecule has 2 N–H and O–H groups in total. The second-order valence-electron chi connectivity index (χ2n) is 4.54. The van der Waals surface area contributed by atoms with Gasteiger partial charge in [0, 0.05) is 18.4 Å². The van der Waals surface area contributed by atoms with E-state index in [1.54, 1.807) is 31.2 Å². The molecule has 0 fully saturated rings. The van der Waals surface area contributed by atoms with Crippen LogP contribution in [0.5, 0.6) is 5.75 Å². The van der Waals surface area contributed by atoms with E-state index in [0.29, 0.717) is 11.4 Å². The maximum absolute atomic E-state index is 12.2. The molecular weight excluding hydrogens is 240 g/mol. The average Bonchev–Trinajstić information content (AvgIpc) is 2.83. The minimum atomic E-state index is -0.136. The molecule has 1 aromatic heterocycles. The second-order valence-corrected chi connectivity index (χ2v) is 4.54. The number of phenols is 1. The topological polar surface area (TPSA) is 54.3 Å². The van der Waals surface area contributed by atoms with Gasteiger partial charge in [-0.25, -0.2) is 0 Å². The molecule has 0 aliphatic carbocycles. The SMILES string of the molecule is CCCn1cccc1C(=O)Nc1ccc(O)c(C)c1. The van der Waals surface area contributed by atoms with E-state index in [9.17, 15) is 9.90 Å². The molecule has 0 radical (unpaired) electrons. The Morgan fingerprint density at radius 2 is 2.16 bits per heavy atom.